The van der Waals surface area contributed by atoms with Gasteiger partial charge in [-0.3, -0.25) is 0 Å². The minimum atomic E-state index is -0.365. The van der Waals surface area contributed by atoms with Crippen molar-refractivity contribution >= 4 is 0 Å². The van der Waals surface area contributed by atoms with E-state index < -0.39 is 0 Å². The number of nitrogens with one attached hydrogen (secondary N) is 2. The number of hydrogen-bond donors (Lipinski definition) is 4. The molecule has 0 amide bonds. The number of fused-ring (bicyclic) bond motifs is 3. The first-order chi connectivity index (χ1) is 18.9. The van der Waals surface area contributed by atoms with Crippen LogP contribution in [0.2, 0.25) is 0 Å². The Labute approximate surface area is 243 Å². The maximum absolute atomic E-state index is 11.3. The molecule has 0 aromatic carbocycles. The van der Waals surface area contributed by atoms with Crippen molar-refractivity contribution in [2.45, 2.75) is 141 Å². The van der Waals surface area contributed by atoms with Crippen LogP contribution >= 0.6 is 0 Å². The highest BCUT2D eigenvalue weighted by Gasteiger charge is 2.74. The van der Waals surface area contributed by atoms with Gasteiger partial charge >= 0.3 is 0 Å². The van der Waals surface area contributed by atoms with Gasteiger partial charge in [-0.2, -0.15) is 0 Å². The van der Waals surface area contributed by atoms with Crippen LogP contribution in [0.15, 0.2) is 34.9 Å². The average Bonchev–Trinajstić information content (AvgIpc) is 3.35. The summed E-state index contributed by atoms with van der Waals surface area (Å²) in [6.07, 6.45) is 17.0. The molecule has 0 aromatic heterocycles. The fourth-order valence-corrected chi connectivity index (χ4v) is 12.5. The van der Waals surface area contributed by atoms with Crippen molar-refractivity contribution in [3.8, 4) is 0 Å². The predicted octanol–water partition coefficient (Wildman–Crippen LogP) is 6.44. The van der Waals surface area contributed by atoms with Crippen molar-refractivity contribution in [2.75, 3.05) is 6.54 Å². The van der Waals surface area contributed by atoms with E-state index in [-0.39, 0.29) is 29.3 Å². The van der Waals surface area contributed by atoms with E-state index in [1.165, 1.54) is 69.8 Å². The van der Waals surface area contributed by atoms with Crippen LogP contribution in [0.1, 0.15) is 112 Å². The molecule has 5 aliphatic carbocycles. The van der Waals surface area contributed by atoms with E-state index in [2.05, 4.69) is 51.0 Å². The quantitative estimate of drug-likeness (QED) is 0.299. The second-order valence-electron chi connectivity index (χ2n) is 16.5. The third-order valence-corrected chi connectivity index (χ3v) is 14.5. The Morgan fingerprint density at radius 2 is 1.90 bits per heavy atom. The van der Waals surface area contributed by atoms with Crippen LogP contribution < -0.4 is 10.6 Å². The summed E-state index contributed by atoms with van der Waals surface area (Å²) < 4.78 is 0. The van der Waals surface area contributed by atoms with Crippen molar-refractivity contribution in [2.24, 2.45) is 40.4 Å². The summed E-state index contributed by atoms with van der Waals surface area (Å²) in [7, 11) is 0. The molecule has 0 radical (unpaired) electrons. The van der Waals surface area contributed by atoms with Crippen molar-refractivity contribution in [1.29, 1.82) is 0 Å². The molecule has 2 heterocycles. The molecular weight excluding hydrogens is 492 g/mol. The number of aliphatic hydroxyl groups is 2. The molecule has 7 aliphatic rings. The largest absolute Gasteiger partial charge is 0.392 e. The standard InChI is InChI=1S/C36H56N2O2/c1-21(2)24-7-9-33(5)19-28(13-22(3)29(33)15-24)35-10-8-26-17-27-14-25-16-31(37-20-23(4)39)32(40)18-30(25)36(27,12-11-35)34(26,6)38-35/h13,23-27,30-32,37-40H,1,7-12,14-20H2,2-6H3/t23-,24+,25-,26+,27+,30-,31-,32+,33-,34+,35-,36-/m0/s1. The molecule has 2 saturated heterocycles. The molecule has 0 unspecified atom stereocenters. The monoisotopic (exact) mass is 548 g/mol. The van der Waals surface area contributed by atoms with E-state index in [1.54, 1.807) is 16.7 Å². The van der Waals surface area contributed by atoms with Crippen molar-refractivity contribution in [3.05, 3.63) is 34.9 Å². The zero-order chi connectivity index (χ0) is 28.2. The lowest BCUT2D eigenvalue weighted by Gasteiger charge is -2.65. The van der Waals surface area contributed by atoms with Crippen LogP contribution in [0.3, 0.4) is 0 Å². The number of allylic oxidation sites excluding steroid dienone is 4. The van der Waals surface area contributed by atoms with Gasteiger partial charge < -0.3 is 20.8 Å². The number of aliphatic hydroxyl groups excluding tert-OH is 2. The summed E-state index contributed by atoms with van der Waals surface area (Å²) in [5.74, 6) is 3.56. The van der Waals surface area contributed by atoms with Crippen LogP contribution in [0, 0.1) is 40.4 Å². The predicted molar refractivity (Wildman–Crippen MR) is 163 cm³/mol. The van der Waals surface area contributed by atoms with Crippen LogP contribution in [0.25, 0.3) is 0 Å². The lowest BCUT2D eigenvalue weighted by molar-refractivity contribution is -0.0933. The van der Waals surface area contributed by atoms with E-state index in [9.17, 15) is 10.2 Å². The summed E-state index contributed by atoms with van der Waals surface area (Å²) in [6.45, 7) is 16.6. The van der Waals surface area contributed by atoms with Crippen LogP contribution in [0.5, 0.6) is 0 Å². The number of piperidine rings is 2. The summed E-state index contributed by atoms with van der Waals surface area (Å²) in [5, 5.41) is 29.2. The number of hydrogen-bond acceptors (Lipinski definition) is 4. The molecular formula is C36H56N2O2. The second kappa shape index (κ2) is 9.28. The van der Waals surface area contributed by atoms with Gasteiger partial charge in [0.1, 0.15) is 0 Å². The maximum atomic E-state index is 11.3. The Kier molecular flexibility index (Phi) is 6.46. The van der Waals surface area contributed by atoms with Crippen molar-refractivity contribution in [1.82, 2.24) is 10.6 Å². The molecule has 2 aliphatic heterocycles. The van der Waals surface area contributed by atoms with Crippen molar-refractivity contribution < 1.29 is 10.2 Å². The Bertz CT molecular complexity index is 1140. The SMILES string of the molecule is C=C(C)[C@@H]1CC[C@@]2(C)CC([C@]34CC[C@@H]5C[C@H]6C[C@H]7C[C@H](NC[C@H](C)O)[C@H](O)C[C@@H]7[C@@]6(CC3)[C@]5(C)N4)=CC(C)=C2C1. The van der Waals surface area contributed by atoms with E-state index in [4.69, 9.17) is 0 Å². The van der Waals surface area contributed by atoms with Crippen LogP contribution in [-0.4, -0.2) is 46.1 Å². The second-order valence-corrected chi connectivity index (χ2v) is 16.5. The highest BCUT2D eigenvalue weighted by molar-refractivity contribution is 5.45. The Balaban J connectivity index is 1.18. The van der Waals surface area contributed by atoms with Crippen molar-refractivity contribution in [3.63, 3.8) is 0 Å². The number of rotatable bonds is 5. The van der Waals surface area contributed by atoms with Crippen LogP contribution in [-0.2, 0) is 0 Å². The van der Waals surface area contributed by atoms with Gasteiger partial charge in [0, 0.05) is 23.7 Å². The van der Waals surface area contributed by atoms with Gasteiger partial charge in [0.2, 0.25) is 0 Å². The average molecular weight is 549 g/mol. The first-order valence-electron chi connectivity index (χ1n) is 16.9. The summed E-state index contributed by atoms with van der Waals surface area (Å²) in [6, 6.07) is 0.133. The molecule has 7 rings (SSSR count). The van der Waals surface area contributed by atoms with Gasteiger partial charge in [-0.05, 0) is 151 Å². The van der Waals surface area contributed by atoms with E-state index >= 15 is 0 Å². The van der Waals surface area contributed by atoms with Gasteiger partial charge in [-0.15, -0.1) is 0 Å². The Morgan fingerprint density at radius 1 is 1.10 bits per heavy atom. The highest BCUT2D eigenvalue weighted by atomic mass is 16.3. The molecule has 2 bridgehead atoms. The van der Waals surface area contributed by atoms with Gasteiger partial charge in [0.25, 0.3) is 0 Å². The molecule has 4 heteroatoms. The molecule has 222 valence electrons. The normalized spacial score (nSPS) is 52.0. The van der Waals surface area contributed by atoms with Gasteiger partial charge in [0.05, 0.1) is 12.2 Å². The molecule has 40 heavy (non-hydrogen) atoms. The van der Waals surface area contributed by atoms with E-state index in [0.717, 1.165) is 24.7 Å². The van der Waals surface area contributed by atoms with Gasteiger partial charge in [-0.25, -0.2) is 0 Å². The minimum Gasteiger partial charge on any atom is -0.392 e. The molecule has 0 aromatic rings. The minimum absolute atomic E-state index is 0.133. The summed E-state index contributed by atoms with van der Waals surface area (Å²) in [5.41, 5.74) is 7.30. The molecule has 6 fully saturated rings. The third kappa shape index (κ3) is 3.77. The first kappa shape index (κ1) is 27.9. The summed E-state index contributed by atoms with van der Waals surface area (Å²) in [4.78, 5) is 0. The Hall–Kier alpha value is -0.940. The van der Waals surface area contributed by atoms with E-state index in [1.807, 2.05) is 6.92 Å². The van der Waals surface area contributed by atoms with Crippen LogP contribution in [0.4, 0.5) is 0 Å². The van der Waals surface area contributed by atoms with E-state index in [0.29, 0.717) is 35.1 Å². The fraction of sp³-hybridized carbons (Fsp3) is 0.833. The zero-order valence-corrected chi connectivity index (χ0v) is 26.0. The fourth-order valence-electron chi connectivity index (χ4n) is 12.5. The highest BCUT2D eigenvalue weighted by Crippen LogP contribution is 2.74. The first-order valence-corrected chi connectivity index (χ1v) is 16.9. The molecule has 1 spiro atoms. The smallest absolute Gasteiger partial charge is 0.0696 e. The lowest BCUT2D eigenvalue weighted by atomic mass is 9.49. The topological polar surface area (TPSA) is 64.5 Å². The van der Waals surface area contributed by atoms with Gasteiger partial charge in [-0.1, -0.05) is 36.3 Å². The summed E-state index contributed by atoms with van der Waals surface area (Å²) >= 11 is 0. The molecule has 12 atom stereocenters. The molecule has 4 N–H and O–H groups in total. The van der Waals surface area contributed by atoms with Gasteiger partial charge in [0.15, 0.2) is 0 Å². The Morgan fingerprint density at radius 3 is 2.65 bits per heavy atom. The lowest BCUT2D eigenvalue weighted by Crippen LogP contribution is -2.74. The zero-order valence-electron chi connectivity index (χ0n) is 26.0. The molecule has 4 saturated carbocycles. The third-order valence-electron chi connectivity index (χ3n) is 14.5. The molecule has 4 nitrogen and oxygen atoms in total. The maximum Gasteiger partial charge on any atom is 0.0696 e.